The highest BCUT2D eigenvalue weighted by molar-refractivity contribution is 5.76. The van der Waals surface area contributed by atoms with Crippen LogP contribution in [0.3, 0.4) is 0 Å². The van der Waals surface area contributed by atoms with E-state index < -0.39 is 0 Å². The molecule has 0 fully saturated rings. The Kier molecular flexibility index (Phi) is 4.56. The number of nitrogens with one attached hydrogen (secondary N) is 4. The van der Waals surface area contributed by atoms with Gasteiger partial charge < -0.3 is 20.6 Å². The summed E-state index contributed by atoms with van der Waals surface area (Å²) < 4.78 is 0. The number of imidazole rings is 1. The first-order valence-corrected chi connectivity index (χ1v) is 8.12. The first-order valence-electron chi connectivity index (χ1n) is 8.12. The lowest BCUT2D eigenvalue weighted by molar-refractivity contribution is 0.237. The van der Waals surface area contributed by atoms with Crippen LogP contribution in [0.5, 0.6) is 0 Å². The van der Waals surface area contributed by atoms with Crippen molar-refractivity contribution < 1.29 is 4.79 Å². The van der Waals surface area contributed by atoms with Gasteiger partial charge in [0.25, 0.3) is 5.56 Å². The fraction of sp³-hybridized carbons (Fsp3) is 0.278. The summed E-state index contributed by atoms with van der Waals surface area (Å²) in [4.78, 5) is 34.5. The summed E-state index contributed by atoms with van der Waals surface area (Å²) in [6.45, 7) is 5.70. The van der Waals surface area contributed by atoms with Crippen LogP contribution in [0.25, 0.3) is 11.0 Å². The average Bonchev–Trinajstić information content (AvgIpc) is 2.98. The van der Waals surface area contributed by atoms with Gasteiger partial charge >= 0.3 is 6.03 Å². The number of carbonyl (C=O) groups is 1. The Labute approximate surface area is 144 Å². The van der Waals surface area contributed by atoms with Crippen molar-refractivity contribution in [3.63, 3.8) is 0 Å². The van der Waals surface area contributed by atoms with E-state index in [0.29, 0.717) is 11.4 Å². The smallest absolute Gasteiger partial charge is 0.315 e. The number of hydrogen-bond donors (Lipinski definition) is 4. The van der Waals surface area contributed by atoms with Crippen LogP contribution in [0.15, 0.2) is 35.1 Å². The van der Waals surface area contributed by atoms with Gasteiger partial charge in [-0.15, -0.1) is 0 Å². The fourth-order valence-electron chi connectivity index (χ4n) is 2.76. The number of para-hydroxylation sites is 2. The normalized spacial score (nSPS) is 12.1. The molecule has 2 amide bonds. The van der Waals surface area contributed by atoms with Crippen molar-refractivity contribution in [3.8, 4) is 0 Å². The van der Waals surface area contributed by atoms with E-state index in [2.05, 4.69) is 25.6 Å². The van der Waals surface area contributed by atoms with Gasteiger partial charge in [-0.3, -0.25) is 4.79 Å². The largest absolute Gasteiger partial charge is 0.340 e. The summed E-state index contributed by atoms with van der Waals surface area (Å²) in [5.74, 6) is 0.681. The number of pyridine rings is 1. The molecule has 1 aromatic carbocycles. The summed E-state index contributed by atoms with van der Waals surface area (Å²) in [7, 11) is 0. The minimum absolute atomic E-state index is 0.167. The lowest BCUT2D eigenvalue weighted by Gasteiger charge is -2.13. The number of benzene rings is 1. The molecule has 7 nitrogen and oxygen atoms in total. The van der Waals surface area contributed by atoms with Crippen LogP contribution in [-0.4, -0.2) is 21.0 Å². The van der Waals surface area contributed by atoms with Gasteiger partial charge in [0.05, 0.1) is 23.6 Å². The highest BCUT2D eigenvalue weighted by atomic mass is 16.2. The number of urea groups is 1. The number of aromatic amines is 2. The molecule has 2 aromatic heterocycles. The molecular formula is C18H21N5O2. The highest BCUT2D eigenvalue weighted by Gasteiger charge is 2.14. The van der Waals surface area contributed by atoms with E-state index in [4.69, 9.17) is 0 Å². The number of rotatable bonds is 4. The van der Waals surface area contributed by atoms with Crippen LogP contribution in [0.4, 0.5) is 4.79 Å². The van der Waals surface area contributed by atoms with E-state index in [1.165, 1.54) is 0 Å². The second-order valence-electron chi connectivity index (χ2n) is 6.13. The SMILES string of the molecule is Cc1cc(C)c(CNC(=O)NC(C)c2nc3ccccc3[nH]2)c(=O)[nH]1. The van der Waals surface area contributed by atoms with Crippen molar-refractivity contribution in [3.05, 3.63) is 63.3 Å². The Morgan fingerprint density at radius 1 is 1.24 bits per heavy atom. The Morgan fingerprint density at radius 3 is 2.72 bits per heavy atom. The molecular weight excluding hydrogens is 318 g/mol. The molecule has 0 bridgehead atoms. The second kappa shape index (κ2) is 6.80. The minimum atomic E-state index is -0.354. The lowest BCUT2D eigenvalue weighted by atomic mass is 10.1. The van der Waals surface area contributed by atoms with Crippen LogP contribution in [0.2, 0.25) is 0 Å². The Hall–Kier alpha value is -3.09. The number of carbonyl (C=O) groups excluding carboxylic acids is 1. The summed E-state index contributed by atoms with van der Waals surface area (Å²) >= 11 is 0. The van der Waals surface area contributed by atoms with Gasteiger partial charge in [0.15, 0.2) is 0 Å². The molecule has 0 aliphatic rings. The molecule has 3 rings (SSSR count). The quantitative estimate of drug-likeness (QED) is 0.587. The molecule has 3 aromatic rings. The number of amides is 2. The molecule has 0 spiro atoms. The molecule has 0 radical (unpaired) electrons. The maximum Gasteiger partial charge on any atom is 0.315 e. The molecule has 1 unspecified atom stereocenters. The number of nitrogens with zero attached hydrogens (tertiary/aromatic N) is 1. The molecule has 2 heterocycles. The van der Waals surface area contributed by atoms with Crippen molar-refractivity contribution in [2.24, 2.45) is 0 Å². The van der Waals surface area contributed by atoms with E-state index in [0.717, 1.165) is 22.3 Å². The van der Waals surface area contributed by atoms with E-state index in [-0.39, 0.29) is 24.2 Å². The van der Waals surface area contributed by atoms with Crippen molar-refractivity contribution in [2.75, 3.05) is 0 Å². The topological polar surface area (TPSA) is 103 Å². The Morgan fingerprint density at radius 2 is 2.00 bits per heavy atom. The monoisotopic (exact) mass is 339 g/mol. The third-order valence-electron chi connectivity index (χ3n) is 4.08. The first kappa shape index (κ1) is 16.8. The number of H-pyrrole nitrogens is 2. The van der Waals surface area contributed by atoms with Gasteiger partial charge in [0.1, 0.15) is 5.82 Å². The number of aryl methyl sites for hydroxylation is 2. The van der Waals surface area contributed by atoms with Crippen LogP contribution < -0.4 is 16.2 Å². The number of aromatic nitrogens is 3. The predicted octanol–water partition coefficient (Wildman–Crippen LogP) is 2.43. The van der Waals surface area contributed by atoms with E-state index in [1.807, 2.05) is 51.1 Å². The fourth-order valence-corrected chi connectivity index (χ4v) is 2.76. The van der Waals surface area contributed by atoms with Crippen LogP contribution >= 0.6 is 0 Å². The van der Waals surface area contributed by atoms with Crippen LogP contribution in [0, 0.1) is 13.8 Å². The zero-order valence-corrected chi connectivity index (χ0v) is 14.4. The van der Waals surface area contributed by atoms with Crippen LogP contribution in [-0.2, 0) is 6.54 Å². The number of hydrogen-bond acceptors (Lipinski definition) is 3. The maximum atomic E-state index is 12.1. The first-order chi connectivity index (χ1) is 11.9. The zero-order valence-electron chi connectivity index (χ0n) is 14.4. The summed E-state index contributed by atoms with van der Waals surface area (Å²) in [5, 5.41) is 5.54. The predicted molar refractivity (Wildman–Crippen MR) is 96.4 cm³/mol. The Balaban J connectivity index is 1.63. The maximum absolute atomic E-state index is 12.1. The van der Waals surface area contributed by atoms with Crippen molar-refractivity contribution in [2.45, 2.75) is 33.4 Å². The third kappa shape index (κ3) is 3.71. The van der Waals surface area contributed by atoms with E-state index >= 15 is 0 Å². The van der Waals surface area contributed by atoms with Crippen molar-refractivity contribution in [1.82, 2.24) is 25.6 Å². The molecule has 0 saturated heterocycles. The molecule has 0 aliphatic carbocycles. The molecule has 1 atom stereocenters. The van der Waals surface area contributed by atoms with Gasteiger partial charge in [-0.25, -0.2) is 9.78 Å². The molecule has 4 N–H and O–H groups in total. The van der Waals surface area contributed by atoms with Gasteiger partial charge in [-0.1, -0.05) is 12.1 Å². The summed E-state index contributed by atoms with van der Waals surface area (Å²) in [6.07, 6.45) is 0. The summed E-state index contributed by atoms with van der Waals surface area (Å²) in [6, 6.07) is 8.93. The molecule has 7 heteroatoms. The van der Waals surface area contributed by atoms with Crippen molar-refractivity contribution >= 4 is 17.1 Å². The van der Waals surface area contributed by atoms with E-state index in [1.54, 1.807) is 0 Å². The molecule has 25 heavy (non-hydrogen) atoms. The number of fused-ring (bicyclic) bond motifs is 1. The second-order valence-corrected chi connectivity index (χ2v) is 6.13. The zero-order chi connectivity index (χ0) is 18.0. The van der Waals surface area contributed by atoms with Crippen molar-refractivity contribution in [1.29, 1.82) is 0 Å². The molecule has 0 saturated carbocycles. The minimum Gasteiger partial charge on any atom is -0.340 e. The van der Waals surface area contributed by atoms with Gasteiger partial charge in [-0.2, -0.15) is 0 Å². The van der Waals surface area contributed by atoms with Gasteiger partial charge in [0, 0.05) is 11.3 Å². The summed E-state index contributed by atoms with van der Waals surface area (Å²) in [5.41, 5.74) is 3.81. The van der Waals surface area contributed by atoms with Gasteiger partial charge in [-0.05, 0) is 44.5 Å². The average molecular weight is 339 g/mol. The third-order valence-corrected chi connectivity index (χ3v) is 4.08. The van der Waals surface area contributed by atoms with E-state index in [9.17, 15) is 9.59 Å². The molecule has 0 aliphatic heterocycles. The highest BCUT2D eigenvalue weighted by Crippen LogP contribution is 2.15. The molecule has 130 valence electrons. The van der Waals surface area contributed by atoms with Crippen LogP contribution in [0.1, 0.15) is 35.6 Å². The lowest BCUT2D eigenvalue weighted by Crippen LogP contribution is -2.38. The standard InChI is InChI=1S/C18H21N5O2/c1-10-8-11(2)20-17(24)13(10)9-19-18(25)21-12(3)16-22-14-6-4-5-7-15(14)23-16/h4-8,12H,9H2,1-3H3,(H,20,24)(H,22,23)(H2,19,21,25). The Bertz CT molecular complexity index is 940. The van der Waals surface area contributed by atoms with Gasteiger partial charge in [0.2, 0.25) is 0 Å².